The van der Waals surface area contributed by atoms with Crippen molar-refractivity contribution in [3.63, 3.8) is 0 Å². The van der Waals surface area contributed by atoms with E-state index in [4.69, 9.17) is 5.84 Å². The van der Waals surface area contributed by atoms with E-state index in [9.17, 15) is 0 Å². The Labute approximate surface area is 85.5 Å². The molecule has 14 heavy (non-hydrogen) atoms. The lowest BCUT2D eigenvalue weighted by Gasteiger charge is -2.09. The highest BCUT2D eigenvalue weighted by molar-refractivity contribution is 5.52. The quantitative estimate of drug-likeness (QED) is 0.142. The van der Waals surface area contributed by atoms with Crippen LogP contribution in [0.25, 0.3) is 0 Å². The van der Waals surface area contributed by atoms with Crippen LogP contribution in [0.2, 0.25) is 0 Å². The van der Waals surface area contributed by atoms with Gasteiger partial charge in [-0.3, -0.25) is 4.99 Å². The number of aliphatic imine (C=N–C) groups is 1. The standard InChI is InChI=1S/C9H21N5/c10-14-8-12-4-1-2-5-13-9-3-6-11-7-9/h8-9,11,13H,1-7,10H2,(H,12,14). The summed E-state index contributed by atoms with van der Waals surface area (Å²) in [7, 11) is 0. The highest BCUT2D eigenvalue weighted by atomic mass is 15.2. The Hall–Kier alpha value is -0.650. The molecule has 0 aliphatic carbocycles. The van der Waals surface area contributed by atoms with Crippen LogP contribution < -0.4 is 21.9 Å². The topological polar surface area (TPSA) is 74.5 Å². The summed E-state index contributed by atoms with van der Waals surface area (Å²) in [6.45, 7) is 4.23. The first-order valence-corrected chi connectivity index (χ1v) is 5.32. The molecule has 0 spiro atoms. The Morgan fingerprint density at radius 1 is 1.50 bits per heavy atom. The minimum atomic E-state index is 0.684. The van der Waals surface area contributed by atoms with Crippen LogP contribution in [0, 0.1) is 0 Å². The molecule has 0 aromatic carbocycles. The first-order chi connectivity index (χ1) is 6.93. The van der Waals surface area contributed by atoms with E-state index < -0.39 is 0 Å². The lowest BCUT2D eigenvalue weighted by molar-refractivity contribution is 0.528. The first-order valence-electron chi connectivity index (χ1n) is 5.32. The Balaban J connectivity index is 1.81. The van der Waals surface area contributed by atoms with Crippen LogP contribution in [0.3, 0.4) is 0 Å². The zero-order chi connectivity index (χ0) is 10.1. The molecule has 0 bridgehead atoms. The Morgan fingerprint density at radius 3 is 3.14 bits per heavy atom. The molecule has 5 nitrogen and oxygen atoms in total. The van der Waals surface area contributed by atoms with Crippen molar-refractivity contribution in [3.8, 4) is 0 Å². The number of hydrazine groups is 1. The zero-order valence-corrected chi connectivity index (χ0v) is 8.63. The van der Waals surface area contributed by atoms with Gasteiger partial charge in [-0.05, 0) is 32.4 Å². The number of nitrogens with two attached hydrogens (primary N) is 1. The van der Waals surface area contributed by atoms with E-state index in [2.05, 4.69) is 21.1 Å². The summed E-state index contributed by atoms with van der Waals surface area (Å²) in [5.41, 5.74) is 2.39. The normalized spacial score (nSPS) is 21.9. The molecular weight excluding hydrogens is 178 g/mol. The number of unbranched alkanes of at least 4 members (excludes halogenated alkanes) is 1. The summed E-state index contributed by atoms with van der Waals surface area (Å²) in [5.74, 6) is 5.03. The molecule has 0 amide bonds. The van der Waals surface area contributed by atoms with Gasteiger partial charge in [-0.25, -0.2) is 5.84 Å². The fourth-order valence-corrected chi connectivity index (χ4v) is 1.58. The molecule has 1 rings (SSSR count). The maximum absolute atomic E-state index is 5.03. The van der Waals surface area contributed by atoms with Crippen molar-refractivity contribution in [2.24, 2.45) is 10.8 Å². The average molecular weight is 199 g/mol. The van der Waals surface area contributed by atoms with E-state index in [0.29, 0.717) is 6.04 Å². The van der Waals surface area contributed by atoms with Gasteiger partial charge in [-0.2, -0.15) is 0 Å². The van der Waals surface area contributed by atoms with Crippen molar-refractivity contribution in [1.82, 2.24) is 16.1 Å². The molecule has 0 saturated carbocycles. The molecule has 0 aromatic heterocycles. The summed E-state index contributed by atoms with van der Waals surface area (Å²) in [5, 5.41) is 6.85. The molecule has 1 unspecified atom stereocenters. The molecule has 1 atom stereocenters. The van der Waals surface area contributed by atoms with Gasteiger partial charge in [0.05, 0.1) is 6.34 Å². The Morgan fingerprint density at radius 2 is 2.43 bits per heavy atom. The highest BCUT2D eigenvalue weighted by Crippen LogP contribution is 1.97. The third-order valence-corrected chi connectivity index (χ3v) is 2.37. The number of hydrogen-bond donors (Lipinski definition) is 4. The molecule has 1 heterocycles. The third kappa shape index (κ3) is 5.16. The van der Waals surface area contributed by atoms with Gasteiger partial charge in [-0.1, -0.05) is 0 Å². The maximum Gasteiger partial charge on any atom is 0.0964 e. The van der Waals surface area contributed by atoms with Crippen molar-refractivity contribution in [2.45, 2.75) is 25.3 Å². The van der Waals surface area contributed by atoms with Crippen molar-refractivity contribution in [1.29, 1.82) is 0 Å². The monoisotopic (exact) mass is 199 g/mol. The predicted octanol–water partition coefficient (Wildman–Crippen LogP) is -0.790. The van der Waals surface area contributed by atoms with Gasteiger partial charge >= 0.3 is 0 Å². The Bertz CT molecular complexity index is 153. The molecule has 5 N–H and O–H groups in total. The second kappa shape index (κ2) is 7.73. The number of nitrogens with zero attached hydrogens (tertiary/aromatic N) is 1. The molecule has 5 heteroatoms. The summed E-state index contributed by atoms with van der Waals surface area (Å²) in [6.07, 6.45) is 5.09. The van der Waals surface area contributed by atoms with Crippen molar-refractivity contribution < 1.29 is 0 Å². The van der Waals surface area contributed by atoms with Crippen LogP contribution in [0.5, 0.6) is 0 Å². The van der Waals surface area contributed by atoms with Crippen molar-refractivity contribution in [3.05, 3.63) is 0 Å². The maximum atomic E-state index is 5.03. The van der Waals surface area contributed by atoms with E-state index >= 15 is 0 Å². The first kappa shape index (κ1) is 11.4. The fourth-order valence-electron chi connectivity index (χ4n) is 1.58. The molecule has 1 saturated heterocycles. The van der Waals surface area contributed by atoms with Crippen molar-refractivity contribution in [2.75, 3.05) is 26.2 Å². The third-order valence-electron chi connectivity index (χ3n) is 2.37. The number of rotatable bonds is 7. The van der Waals surface area contributed by atoms with E-state index in [-0.39, 0.29) is 0 Å². The van der Waals surface area contributed by atoms with E-state index in [0.717, 1.165) is 32.6 Å². The van der Waals surface area contributed by atoms with Gasteiger partial charge in [0.2, 0.25) is 0 Å². The Kier molecular flexibility index (Phi) is 6.30. The molecule has 0 aromatic rings. The average Bonchev–Trinajstić information content (AvgIpc) is 2.69. The van der Waals surface area contributed by atoms with Crippen molar-refractivity contribution >= 4 is 6.34 Å². The van der Waals surface area contributed by atoms with Crippen LogP contribution in [0.4, 0.5) is 0 Å². The highest BCUT2D eigenvalue weighted by Gasteiger charge is 2.12. The smallest absolute Gasteiger partial charge is 0.0964 e. The van der Waals surface area contributed by atoms with Crippen LogP contribution in [0.15, 0.2) is 4.99 Å². The molecule has 1 fully saturated rings. The van der Waals surface area contributed by atoms with Crippen LogP contribution in [-0.4, -0.2) is 38.6 Å². The van der Waals surface area contributed by atoms with E-state index in [1.165, 1.54) is 19.2 Å². The van der Waals surface area contributed by atoms with Gasteiger partial charge in [0.25, 0.3) is 0 Å². The summed E-state index contributed by atoms with van der Waals surface area (Å²) >= 11 is 0. The van der Waals surface area contributed by atoms with Gasteiger partial charge in [0.15, 0.2) is 0 Å². The minimum absolute atomic E-state index is 0.684. The summed E-state index contributed by atoms with van der Waals surface area (Å²) < 4.78 is 0. The zero-order valence-electron chi connectivity index (χ0n) is 8.63. The van der Waals surface area contributed by atoms with Crippen LogP contribution >= 0.6 is 0 Å². The predicted molar refractivity (Wildman–Crippen MR) is 59.2 cm³/mol. The van der Waals surface area contributed by atoms with Crippen LogP contribution in [-0.2, 0) is 0 Å². The SMILES string of the molecule is NNC=NCCCCNC1CCNC1. The van der Waals surface area contributed by atoms with Gasteiger partial charge in [0, 0.05) is 19.1 Å². The molecule has 1 aliphatic rings. The molecular formula is C9H21N5. The lowest BCUT2D eigenvalue weighted by atomic mass is 10.2. The van der Waals surface area contributed by atoms with Gasteiger partial charge < -0.3 is 16.1 Å². The number of hydrogen-bond acceptors (Lipinski definition) is 4. The lowest BCUT2D eigenvalue weighted by Crippen LogP contribution is -2.31. The minimum Gasteiger partial charge on any atom is -0.315 e. The molecule has 0 radical (unpaired) electrons. The van der Waals surface area contributed by atoms with E-state index in [1.54, 1.807) is 0 Å². The summed E-state index contributed by atoms with van der Waals surface area (Å²) in [6, 6.07) is 0.684. The van der Waals surface area contributed by atoms with Gasteiger partial charge in [0.1, 0.15) is 0 Å². The molecule has 82 valence electrons. The second-order valence-electron chi connectivity index (χ2n) is 3.55. The van der Waals surface area contributed by atoms with Crippen LogP contribution in [0.1, 0.15) is 19.3 Å². The second-order valence-corrected chi connectivity index (χ2v) is 3.55. The largest absolute Gasteiger partial charge is 0.315 e. The van der Waals surface area contributed by atoms with E-state index in [1.807, 2.05) is 0 Å². The summed E-state index contributed by atoms with van der Waals surface area (Å²) in [4.78, 5) is 4.06. The number of nitrogens with one attached hydrogen (secondary N) is 3. The molecule has 1 aliphatic heterocycles. The van der Waals surface area contributed by atoms with Gasteiger partial charge in [-0.15, -0.1) is 0 Å². The fraction of sp³-hybridized carbons (Fsp3) is 0.889.